The second kappa shape index (κ2) is 6.40. The summed E-state index contributed by atoms with van der Waals surface area (Å²) in [4.78, 5) is 0. The number of rotatable bonds is 4. The van der Waals surface area contributed by atoms with Crippen LogP contribution in [0, 0.1) is 12.7 Å². The van der Waals surface area contributed by atoms with E-state index in [1.807, 2.05) is 25.1 Å². The first-order valence-corrected chi connectivity index (χ1v) is 7.33. The summed E-state index contributed by atoms with van der Waals surface area (Å²) < 4.78 is 19.4. The Bertz CT molecular complexity index is 586. The van der Waals surface area contributed by atoms with Crippen LogP contribution in [0.3, 0.4) is 0 Å². The van der Waals surface area contributed by atoms with Crippen molar-refractivity contribution in [3.8, 4) is 5.75 Å². The van der Waals surface area contributed by atoms with E-state index in [-0.39, 0.29) is 12.4 Å². The molecule has 0 heterocycles. The molecule has 0 saturated carbocycles. The smallest absolute Gasteiger partial charge is 0.131 e. The Hall–Kier alpha value is -1.06. The topological polar surface area (TPSA) is 9.23 Å². The number of hydrogen-bond acceptors (Lipinski definition) is 1. The molecular weight excluding hydrogens is 331 g/mol. The lowest BCUT2D eigenvalue weighted by Gasteiger charge is -2.13. The first-order chi connectivity index (χ1) is 9.11. The molecule has 0 spiro atoms. The highest BCUT2D eigenvalue weighted by molar-refractivity contribution is 9.08. The molecule has 0 saturated heterocycles. The molecule has 0 unspecified atom stereocenters. The van der Waals surface area contributed by atoms with E-state index in [1.54, 1.807) is 12.1 Å². The van der Waals surface area contributed by atoms with Crippen molar-refractivity contribution < 1.29 is 9.13 Å². The minimum Gasteiger partial charge on any atom is -0.488 e. The summed E-state index contributed by atoms with van der Waals surface area (Å²) in [5, 5.41) is 1.09. The third kappa shape index (κ3) is 3.48. The standard InChI is InChI=1S/C15H13BrClFO/c1-10-3-2-4-11(8-16)15(10)19-9-12-5-6-13(17)7-14(12)18/h2-7H,8-9H2,1H3. The molecule has 19 heavy (non-hydrogen) atoms. The summed E-state index contributed by atoms with van der Waals surface area (Å²) >= 11 is 9.14. The van der Waals surface area contributed by atoms with E-state index in [0.29, 0.717) is 15.9 Å². The lowest BCUT2D eigenvalue weighted by atomic mass is 10.1. The molecule has 0 bridgehead atoms. The van der Waals surface area contributed by atoms with E-state index in [0.717, 1.165) is 16.9 Å². The van der Waals surface area contributed by atoms with Gasteiger partial charge in [0.25, 0.3) is 0 Å². The van der Waals surface area contributed by atoms with Crippen LogP contribution in [-0.2, 0) is 11.9 Å². The van der Waals surface area contributed by atoms with Gasteiger partial charge in [-0.2, -0.15) is 0 Å². The molecule has 0 aromatic heterocycles. The third-order valence-electron chi connectivity index (χ3n) is 2.82. The van der Waals surface area contributed by atoms with Crippen LogP contribution in [0.15, 0.2) is 36.4 Å². The highest BCUT2D eigenvalue weighted by atomic mass is 79.9. The normalized spacial score (nSPS) is 10.5. The molecule has 0 radical (unpaired) electrons. The Morgan fingerprint density at radius 1 is 1.21 bits per heavy atom. The molecular formula is C15H13BrClFO. The average molecular weight is 344 g/mol. The van der Waals surface area contributed by atoms with Gasteiger partial charge in [-0.1, -0.05) is 51.8 Å². The Morgan fingerprint density at radius 3 is 2.68 bits per heavy atom. The second-order valence-electron chi connectivity index (χ2n) is 4.22. The third-order valence-corrected chi connectivity index (χ3v) is 3.66. The largest absolute Gasteiger partial charge is 0.488 e. The van der Waals surface area contributed by atoms with Crippen LogP contribution in [0.4, 0.5) is 4.39 Å². The van der Waals surface area contributed by atoms with Crippen LogP contribution >= 0.6 is 27.5 Å². The fourth-order valence-electron chi connectivity index (χ4n) is 1.81. The van der Waals surface area contributed by atoms with Crippen molar-refractivity contribution in [3.63, 3.8) is 0 Å². The number of ether oxygens (including phenoxy) is 1. The monoisotopic (exact) mass is 342 g/mol. The van der Waals surface area contributed by atoms with Crippen molar-refractivity contribution in [3.05, 3.63) is 63.9 Å². The minimum absolute atomic E-state index is 0.188. The van der Waals surface area contributed by atoms with Gasteiger partial charge in [0, 0.05) is 21.5 Å². The van der Waals surface area contributed by atoms with Crippen molar-refractivity contribution in [2.75, 3.05) is 0 Å². The van der Waals surface area contributed by atoms with Crippen LogP contribution in [0.25, 0.3) is 0 Å². The molecule has 0 atom stereocenters. The molecule has 100 valence electrons. The Balaban J connectivity index is 2.19. The Labute approximate surface area is 125 Å². The zero-order valence-corrected chi connectivity index (χ0v) is 12.8. The molecule has 0 aliphatic carbocycles. The SMILES string of the molecule is Cc1cccc(CBr)c1OCc1ccc(Cl)cc1F. The molecule has 4 heteroatoms. The average Bonchev–Trinajstić information content (AvgIpc) is 2.39. The minimum atomic E-state index is -0.346. The fraction of sp³-hybridized carbons (Fsp3) is 0.200. The maximum absolute atomic E-state index is 13.7. The van der Waals surface area contributed by atoms with Gasteiger partial charge in [-0.05, 0) is 24.6 Å². The molecule has 0 aliphatic rings. The number of para-hydroxylation sites is 1. The first kappa shape index (κ1) is 14.4. The number of benzene rings is 2. The molecule has 2 aromatic rings. The highest BCUT2D eigenvalue weighted by Gasteiger charge is 2.08. The van der Waals surface area contributed by atoms with Crippen molar-refractivity contribution in [1.29, 1.82) is 0 Å². The molecule has 2 aromatic carbocycles. The van der Waals surface area contributed by atoms with Gasteiger partial charge in [0.15, 0.2) is 0 Å². The lowest BCUT2D eigenvalue weighted by Crippen LogP contribution is -2.01. The summed E-state index contributed by atoms with van der Waals surface area (Å²) in [6.07, 6.45) is 0. The number of halogens is 3. The zero-order chi connectivity index (χ0) is 13.8. The van der Waals surface area contributed by atoms with Crippen molar-refractivity contribution >= 4 is 27.5 Å². The van der Waals surface area contributed by atoms with Gasteiger partial charge in [0.05, 0.1) is 0 Å². The van der Waals surface area contributed by atoms with Crippen LogP contribution < -0.4 is 4.74 Å². The summed E-state index contributed by atoms with van der Waals surface area (Å²) in [5.41, 5.74) is 2.58. The predicted molar refractivity (Wildman–Crippen MR) is 79.6 cm³/mol. The lowest BCUT2D eigenvalue weighted by molar-refractivity contribution is 0.295. The van der Waals surface area contributed by atoms with Gasteiger partial charge in [0.1, 0.15) is 18.2 Å². The number of aryl methyl sites for hydroxylation is 1. The van der Waals surface area contributed by atoms with Crippen LogP contribution in [-0.4, -0.2) is 0 Å². The van der Waals surface area contributed by atoms with E-state index < -0.39 is 0 Å². The summed E-state index contributed by atoms with van der Waals surface area (Å²) in [6, 6.07) is 10.5. The molecule has 0 aliphatic heterocycles. The quantitative estimate of drug-likeness (QED) is 0.688. The predicted octanol–water partition coefficient (Wildman–Crippen LogP) is 5.26. The van der Waals surface area contributed by atoms with Crippen molar-refractivity contribution in [2.45, 2.75) is 18.9 Å². The van der Waals surface area contributed by atoms with E-state index in [4.69, 9.17) is 16.3 Å². The highest BCUT2D eigenvalue weighted by Crippen LogP contribution is 2.27. The second-order valence-corrected chi connectivity index (χ2v) is 5.22. The zero-order valence-electron chi connectivity index (χ0n) is 10.4. The maximum atomic E-state index is 13.7. The summed E-state index contributed by atoms with van der Waals surface area (Å²) in [6.45, 7) is 2.16. The van der Waals surface area contributed by atoms with E-state index >= 15 is 0 Å². The van der Waals surface area contributed by atoms with Gasteiger partial charge in [0.2, 0.25) is 0 Å². The van der Waals surface area contributed by atoms with E-state index in [1.165, 1.54) is 6.07 Å². The van der Waals surface area contributed by atoms with Gasteiger partial charge in [-0.15, -0.1) is 0 Å². The van der Waals surface area contributed by atoms with E-state index in [2.05, 4.69) is 15.9 Å². The maximum Gasteiger partial charge on any atom is 0.131 e. The van der Waals surface area contributed by atoms with Gasteiger partial charge >= 0.3 is 0 Å². The molecule has 0 amide bonds. The first-order valence-electron chi connectivity index (χ1n) is 5.83. The van der Waals surface area contributed by atoms with Crippen molar-refractivity contribution in [2.24, 2.45) is 0 Å². The van der Waals surface area contributed by atoms with Gasteiger partial charge < -0.3 is 4.74 Å². The Kier molecular flexibility index (Phi) is 4.83. The number of hydrogen-bond donors (Lipinski definition) is 0. The molecule has 0 N–H and O–H groups in total. The van der Waals surface area contributed by atoms with E-state index in [9.17, 15) is 4.39 Å². The van der Waals surface area contributed by atoms with Crippen molar-refractivity contribution in [1.82, 2.24) is 0 Å². The molecule has 1 nitrogen and oxygen atoms in total. The number of alkyl halides is 1. The van der Waals surface area contributed by atoms with Crippen LogP contribution in [0.1, 0.15) is 16.7 Å². The van der Waals surface area contributed by atoms with Gasteiger partial charge in [-0.3, -0.25) is 0 Å². The molecule has 0 fully saturated rings. The van der Waals surface area contributed by atoms with Crippen LogP contribution in [0.2, 0.25) is 5.02 Å². The van der Waals surface area contributed by atoms with Gasteiger partial charge in [-0.25, -0.2) is 4.39 Å². The Morgan fingerprint density at radius 2 is 2.00 bits per heavy atom. The molecule has 2 rings (SSSR count). The fourth-order valence-corrected chi connectivity index (χ4v) is 2.41. The van der Waals surface area contributed by atoms with Crippen LogP contribution in [0.5, 0.6) is 5.75 Å². The summed E-state index contributed by atoms with van der Waals surface area (Å²) in [5.74, 6) is 0.454. The summed E-state index contributed by atoms with van der Waals surface area (Å²) in [7, 11) is 0.